The second-order valence-electron chi connectivity index (χ2n) is 6.08. The quantitative estimate of drug-likeness (QED) is 0.880. The fourth-order valence-corrected chi connectivity index (χ4v) is 2.85. The third-order valence-electron chi connectivity index (χ3n) is 4.26. The summed E-state index contributed by atoms with van der Waals surface area (Å²) >= 11 is 0. The van der Waals surface area contributed by atoms with Gasteiger partial charge in [0, 0.05) is 18.7 Å². The molecule has 3 N–H and O–H groups in total. The van der Waals surface area contributed by atoms with Crippen LogP contribution in [0.2, 0.25) is 0 Å². The third-order valence-corrected chi connectivity index (χ3v) is 4.26. The van der Waals surface area contributed by atoms with Crippen LogP contribution < -0.4 is 11.1 Å². The molecule has 3 amide bonds. The van der Waals surface area contributed by atoms with Gasteiger partial charge in [0.1, 0.15) is 11.9 Å². The van der Waals surface area contributed by atoms with Crippen LogP contribution in [0.4, 0.5) is 9.18 Å². The van der Waals surface area contributed by atoms with Gasteiger partial charge in [-0.05, 0) is 35.4 Å². The van der Waals surface area contributed by atoms with Crippen LogP contribution in [0.5, 0.6) is 0 Å². The SMILES string of the molecule is NC(=O)NCc1ccc(C(=O)N2CCOC(c3ccc(F)cc3)C2)cc1. The summed E-state index contributed by atoms with van der Waals surface area (Å²) in [5, 5.41) is 2.50. The Bertz CT molecular complexity index is 778. The summed E-state index contributed by atoms with van der Waals surface area (Å²) in [5.74, 6) is -0.391. The van der Waals surface area contributed by atoms with Gasteiger partial charge in [0.2, 0.25) is 0 Å². The van der Waals surface area contributed by atoms with Crippen molar-refractivity contribution in [1.82, 2.24) is 10.2 Å². The van der Waals surface area contributed by atoms with Crippen LogP contribution in [-0.2, 0) is 11.3 Å². The first-order valence-electron chi connectivity index (χ1n) is 8.31. The summed E-state index contributed by atoms with van der Waals surface area (Å²) in [6.45, 7) is 1.65. The van der Waals surface area contributed by atoms with Crippen LogP contribution in [0.15, 0.2) is 48.5 Å². The number of hydrogen-bond donors (Lipinski definition) is 2. The molecular weight excluding hydrogens is 337 g/mol. The monoisotopic (exact) mass is 357 g/mol. The molecule has 1 aliphatic rings. The van der Waals surface area contributed by atoms with Crippen LogP contribution in [0, 0.1) is 5.82 Å². The van der Waals surface area contributed by atoms with E-state index in [0.29, 0.717) is 31.8 Å². The summed E-state index contributed by atoms with van der Waals surface area (Å²) in [4.78, 5) is 25.2. The van der Waals surface area contributed by atoms with Crippen molar-refractivity contribution in [2.75, 3.05) is 19.7 Å². The maximum atomic E-state index is 13.1. The molecule has 3 rings (SSSR count). The van der Waals surface area contributed by atoms with Crippen LogP contribution in [0.25, 0.3) is 0 Å². The van der Waals surface area contributed by atoms with Crippen molar-refractivity contribution in [3.63, 3.8) is 0 Å². The lowest BCUT2D eigenvalue weighted by atomic mass is 10.1. The Kier molecular flexibility index (Phi) is 5.48. The molecule has 2 aromatic rings. The molecule has 1 atom stereocenters. The minimum absolute atomic E-state index is 0.0881. The first-order valence-corrected chi connectivity index (χ1v) is 8.31. The van der Waals surface area contributed by atoms with Gasteiger partial charge >= 0.3 is 6.03 Å². The average Bonchev–Trinajstić information content (AvgIpc) is 2.67. The highest BCUT2D eigenvalue weighted by Gasteiger charge is 2.26. The van der Waals surface area contributed by atoms with E-state index in [2.05, 4.69) is 5.32 Å². The molecule has 136 valence electrons. The number of benzene rings is 2. The van der Waals surface area contributed by atoms with E-state index in [1.54, 1.807) is 41.3 Å². The average molecular weight is 357 g/mol. The van der Waals surface area contributed by atoms with Crippen LogP contribution in [0.3, 0.4) is 0 Å². The van der Waals surface area contributed by atoms with Gasteiger partial charge in [-0.25, -0.2) is 9.18 Å². The van der Waals surface area contributed by atoms with Crippen LogP contribution in [-0.4, -0.2) is 36.5 Å². The van der Waals surface area contributed by atoms with Crippen molar-refractivity contribution in [1.29, 1.82) is 0 Å². The Morgan fingerprint density at radius 2 is 1.85 bits per heavy atom. The highest BCUT2D eigenvalue weighted by atomic mass is 19.1. The lowest BCUT2D eigenvalue weighted by molar-refractivity contribution is -0.0228. The first kappa shape index (κ1) is 17.9. The topological polar surface area (TPSA) is 84.7 Å². The van der Waals surface area contributed by atoms with Crippen molar-refractivity contribution >= 4 is 11.9 Å². The highest BCUT2D eigenvalue weighted by Crippen LogP contribution is 2.23. The van der Waals surface area contributed by atoms with Gasteiger partial charge in [0.05, 0.1) is 13.2 Å². The third kappa shape index (κ3) is 4.37. The number of hydrogen-bond acceptors (Lipinski definition) is 3. The summed E-state index contributed by atoms with van der Waals surface area (Å²) in [7, 11) is 0. The smallest absolute Gasteiger partial charge is 0.312 e. The maximum Gasteiger partial charge on any atom is 0.312 e. The number of morpholine rings is 1. The lowest BCUT2D eigenvalue weighted by Gasteiger charge is -2.33. The molecule has 1 aliphatic heterocycles. The van der Waals surface area contributed by atoms with E-state index in [1.165, 1.54) is 12.1 Å². The number of nitrogens with one attached hydrogen (secondary N) is 1. The van der Waals surface area contributed by atoms with Crippen molar-refractivity contribution < 1.29 is 18.7 Å². The van der Waals surface area contributed by atoms with Gasteiger partial charge in [0.15, 0.2) is 0 Å². The van der Waals surface area contributed by atoms with Gasteiger partial charge < -0.3 is 20.7 Å². The van der Waals surface area contributed by atoms with Gasteiger partial charge in [0.25, 0.3) is 5.91 Å². The Morgan fingerprint density at radius 3 is 2.50 bits per heavy atom. The number of urea groups is 1. The predicted molar refractivity (Wildman–Crippen MR) is 93.9 cm³/mol. The van der Waals surface area contributed by atoms with Crippen molar-refractivity contribution in [2.24, 2.45) is 5.73 Å². The van der Waals surface area contributed by atoms with E-state index in [9.17, 15) is 14.0 Å². The number of nitrogens with two attached hydrogens (primary N) is 1. The molecular formula is C19H20FN3O3. The zero-order valence-electron chi connectivity index (χ0n) is 14.2. The van der Waals surface area contributed by atoms with Crippen LogP contribution >= 0.6 is 0 Å². The maximum absolute atomic E-state index is 13.1. The molecule has 0 aromatic heterocycles. The molecule has 1 unspecified atom stereocenters. The summed E-state index contributed by atoms with van der Waals surface area (Å²) < 4.78 is 18.8. The minimum atomic E-state index is -0.592. The Balaban J connectivity index is 1.65. The van der Waals surface area contributed by atoms with Crippen molar-refractivity contribution in [3.05, 3.63) is 71.0 Å². The van der Waals surface area contributed by atoms with E-state index < -0.39 is 6.03 Å². The van der Waals surface area contributed by atoms with Crippen LogP contribution in [0.1, 0.15) is 27.6 Å². The standard InChI is InChI=1S/C19H20FN3O3/c20-16-7-5-14(6-8-16)17-12-23(9-10-26-17)18(24)15-3-1-13(2-4-15)11-22-19(21)25/h1-8,17H,9-12H2,(H3,21,22,25). The summed E-state index contributed by atoms with van der Waals surface area (Å²) in [5.41, 5.74) is 7.30. The first-order chi connectivity index (χ1) is 12.5. The highest BCUT2D eigenvalue weighted by molar-refractivity contribution is 5.94. The zero-order chi connectivity index (χ0) is 18.5. The van der Waals surface area contributed by atoms with Crippen molar-refractivity contribution in [3.8, 4) is 0 Å². The van der Waals surface area contributed by atoms with E-state index in [1.807, 2.05) is 0 Å². The van der Waals surface area contributed by atoms with Gasteiger partial charge in [-0.3, -0.25) is 4.79 Å². The number of halogens is 1. The molecule has 1 fully saturated rings. The second kappa shape index (κ2) is 7.97. The molecule has 0 saturated carbocycles. The minimum Gasteiger partial charge on any atom is -0.370 e. The van der Waals surface area contributed by atoms with E-state index in [4.69, 9.17) is 10.5 Å². The molecule has 0 spiro atoms. The molecule has 1 heterocycles. The molecule has 6 nitrogen and oxygen atoms in total. The summed E-state index contributed by atoms with van der Waals surface area (Å²) in [6.07, 6.45) is -0.271. The molecule has 0 bridgehead atoms. The van der Waals surface area contributed by atoms with Gasteiger partial charge in [-0.15, -0.1) is 0 Å². The fraction of sp³-hybridized carbons (Fsp3) is 0.263. The number of nitrogens with zero attached hydrogens (tertiary/aromatic N) is 1. The normalized spacial score (nSPS) is 17.0. The zero-order valence-corrected chi connectivity index (χ0v) is 14.2. The Labute approximate surface area is 150 Å². The molecule has 2 aromatic carbocycles. The Morgan fingerprint density at radius 1 is 1.15 bits per heavy atom. The number of rotatable bonds is 4. The molecule has 0 aliphatic carbocycles. The number of primary amides is 1. The molecule has 26 heavy (non-hydrogen) atoms. The number of ether oxygens (including phenoxy) is 1. The van der Waals surface area contributed by atoms with Crippen molar-refractivity contribution in [2.45, 2.75) is 12.6 Å². The number of amides is 3. The van der Waals surface area contributed by atoms with E-state index >= 15 is 0 Å². The largest absolute Gasteiger partial charge is 0.370 e. The summed E-state index contributed by atoms with van der Waals surface area (Å²) in [6, 6.07) is 12.5. The predicted octanol–water partition coefficient (Wildman–Crippen LogP) is 2.21. The van der Waals surface area contributed by atoms with Gasteiger partial charge in [-0.1, -0.05) is 24.3 Å². The van der Waals surface area contributed by atoms with E-state index in [0.717, 1.165) is 11.1 Å². The Hall–Kier alpha value is -2.93. The number of carbonyl (C=O) groups is 2. The van der Waals surface area contributed by atoms with E-state index in [-0.39, 0.29) is 17.8 Å². The lowest BCUT2D eigenvalue weighted by Crippen LogP contribution is -2.42. The fourth-order valence-electron chi connectivity index (χ4n) is 2.85. The second-order valence-corrected chi connectivity index (χ2v) is 6.08. The molecule has 0 radical (unpaired) electrons. The molecule has 7 heteroatoms. The molecule has 1 saturated heterocycles. The van der Waals surface area contributed by atoms with Gasteiger partial charge in [-0.2, -0.15) is 0 Å². The number of carbonyl (C=O) groups excluding carboxylic acids is 2.